The highest BCUT2D eigenvalue weighted by Crippen LogP contribution is 2.20. The van der Waals surface area contributed by atoms with Crippen molar-refractivity contribution in [2.75, 3.05) is 21.1 Å². The van der Waals surface area contributed by atoms with Crippen LogP contribution in [0, 0.1) is 5.92 Å². The summed E-state index contributed by atoms with van der Waals surface area (Å²) < 4.78 is 0. The van der Waals surface area contributed by atoms with E-state index in [4.69, 9.17) is 0 Å². The number of nitrogens with one attached hydrogen (secondary N) is 3. The summed E-state index contributed by atoms with van der Waals surface area (Å²) in [4.78, 5) is 0. The van der Waals surface area contributed by atoms with E-state index in [1.807, 2.05) is 21.1 Å². The van der Waals surface area contributed by atoms with E-state index in [-0.39, 0.29) is 5.66 Å². The molecule has 3 nitrogen and oxygen atoms in total. The van der Waals surface area contributed by atoms with Gasteiger partial charge in [-0.05, 0) is 41.4 Å². The Morgan fingerprint density at radius 1 is 1.15 bits per heavy atom. The third-order valence-corrected chi connectivity index (χ3v) is 3.28. The van der Waals surface area contributed by atoms with Crippen LogP contribution in [0.5, 0.6) is 0 Å². The molecule has 0 heterocycles. The van der Waals surface area contributed by atoms with Gasteiger partial charge >= 0.3 is 0 Å². The van der Waals surface area contributed by atoms with Crippen LogP contribution >= 0.6 is 0 Å². The van der Waals surface area contributed by atoms with Gasteiger partial charge in [-0.2, -0.15) is 0 Å². The zero-order chi connectivity index (χ0) is 10.5. The van der Waals surface area contributed by atoms with Crippen molar-refractivity contribution in [1.82, 2.24) is 16.0 Å². The molecule has 2 unspecified atom stereocenters. The third-order valence-electron chi connectivity index (χ3n) is 3.28. The minimum absolute atomic E-state index is 0.0111. The van der Waals surface area contributed by atoms with Gasteiger partial charge in [0.05, 0.1) is 5.66 Å². The molecule has 0 saturated heterocycles. The Morgan fingerprint density at radius 3 is 1.85 bits per heavy atom. The van der Waals surface area contributed by atoms with Crippen molar-refractivity contribution in [2.24, 2.45) is 5.92 Å². The fourth-order valence-electron chi connectivity index (χ4n) is 1.96. The van der Waals surface area contributed by atoms with Gasteiger partial charge in [-0.15, -0.1) is 0 Å². The average Bonchev–Trinajstić information content (AvgIpc) is 2.18. The molecule has 13 heavy (non-hydrogen) atoms. The molecule has 3 N–H and O–H groups in total. The van der Waals surface area contributed by atoms with E-state index in [1.165, 1.54) is 0 Å². The molecular formula is C10H25N3. The normalized spacial score (nSPS) is 17.1. The Labute approximate surface area is 82.7 Å². The maximum absolute atomic E-state index is 3.34. The fourth-order valence-corrected chi connectivity index (χ4v) is 1.96. The standard InChI is InChI=1S/C10H25N3/c1-7-9(8(2)11-4)10(3,12-5)13-6/h8-9,11-13H,7H2,1-6H3. The largest absolute Gasteiger partial charge is 0.317 e. The molecule has 0 rings (SSSR count). The summed E-state index contributed by atoms with van der Waals surface area (Å²) >= 11 is 0. The van der Waals surface area contributed by atoms with E-state index in [2.05, 4.69) is 36.7 Å². The molecule has 0 amide bonds. The quantitative estimate of drug-likeness (QED) is 0.538. The molecule has 0 spiro atoms. The molecule has 0 aromatic rings. The first kappa shape index (κ1) is 12.9. The Balaban J connectivity index is 4.51. The van der Waals surface area contributed by atoms with Crippen LogP contribution in [0.1, 0.15) is 27.2 Å². The Hall–Kier alpha value is -0.120. The predicted molar refractivity (Wildman–Crippen MR) is 58.8 cm³/mol. The van der Waals surface area contributed by atoms with Gasteiger partial charge in [0, 0.05) is 12.0 Å². The second kappa shape index (κ2) is 5.58. The van der Waals surface area contributed by atoms with Crippen molar-refractivity contribution in [3.05, 3.63) is 0 Å². The molecule has 2 atom stereocenters. The van der Waals surface area contributed by atoms with Gasteiger partial charge in [0.25, 0.3) is 0 Å². The highest BCUT2D eigenvalue weighted by atomic mass is 15.2. The van der Waals surface area contributed by atoms with Crippen LogP contribution in [0.25, 0.3) is 0 Å². The second-order valence-electron chi connectivity index (χ2n) is 3.79. The smallest absolute Gasteiger partial charge is 0.0697 e. The summed E-state index contributed by atoms with van der Waals surface area (Å²) in [5.74, 6) is 0.576. The molecule has 0 fully saturated rings. The Bertz CT molecular complexity index is 132. The van der Waals surface area contributed by atoms with Gasteiger partial charge in [-0.3, -0.25) is 0 Å². The van der Waals surface area contributed by atoms with Crippen LogP contribution in [0.4, 0.5) is 0 Å². The highest BCUT2D eigenvalue weighted by molar-refractivity contribution is 4.90. The van der Waals surface area contributed by atoms with Crippen LogP contribution in [0.2, 0.25) is 0 Å². The van der Waals surface area contributed by atoms with Crippen LogP contribution in [-0.4, -0.2) is 32.8 Å². The summed E-state index contributed by atoms with van der Waals surface area (Å²) in [5, 5.41) is 10.00. The SMILES string of the molecule is CCC(C(C)NC)C(C)(NC)NC. The maximum Gasteiger partial charge on any atom is 0.0697 e. The first-order chi connectivity index (χ1) is 6.05. The lowest BCUT2D eigenvalue weighted by Gasteiger charge is -2.40. The van der Waals surface area contributed by atoms with E-state index < -0.39 is 0 Å². The summed E-state index contributed by atoms with van der Waals surface area (Å²) in [7, 11) is 6.02. The van der Waals surface area contributed by atoms with Gasteiger partial charge in [-0.25, -0.2) is 0 Å². The molecule has 0 aliphatic carbocycles. The zero-order valence-corrected chi connectivity index (χ0v) is 9.86. The van der Waals surface area contributed by atoms with Crippen molar-refractivity contribution >= 4 is 0 Å². The van der Waals surface area contributed by atoms with Gasteiger partial charge in [0.1, 0.15) is 0 Å². The van der Waals surface area contributed by atoms with Crippen LogP contribution < -0.4 is 16.0 Å². The Kier molecular flexibility index (Phi) is 5.53. The minimum Gasteiger partial charge on any atom is -0.317 e. The van der Waals surface area contributed by atoms with E-state index in [0.717, 1.165) is 6.42 Å². The van der Waals surface area contributed by atoms with Gasteiger partial charge in [-0.1, -0.05) is 6.92 Å². The zero-order valence-electron chi connectivity index (χ0n) is 9.86. The van der Waals surface area contributed by atoms with Crippen molar-refractivity contribution in [1.29, 1.82) is 0 Å². The van der Waals surface area contributed by atoms with Crippen molar-refractivity contribution in [3.63, 3.8) is 0 Å². The van der Waals surface area contributed by atoms with Gasteiger partial charge in [0.15, 0.2) is 0 Å². The van der Waals surface area contributed by atoms with Crippen molar-refractivity contribution in [3.8, 4) is 0 Å². The third kappa shape index (κ3) is 2.93. The fraction of sp³-hybridized carbons (Fsp3) is 1.00. The second-order valence-corrected chi connectivity index (χ2v) is 3.79. The molecule has 0 saturated carbocycles. The summed E-state index contributed by atoms with van der Waals surface area (Å²) in [5.41, 5.74) is 0.0111. The lowest BCUT2D eigenvalue weighted by molar-refractivity contribution is 0.163. The number of hydrogen-bond donors (Lipinski definition) is 3. The first-order valence-corrected chi connectivity index (χ1v) is 5.10. The molecular weight excluding hydrogens is 162 g/mol. The van der Waals surface area contributed by atoms with Crippen LogP contribution in [-0.2, 0) is 0 Å². The topological polar surface area (TPSA) is 36.1 Å². The first-order valence-electron chi connectivity index (χ1n) is 5.10. The lowest BCUT2D eigenvalue weighted by Crippen LogP contribution is -2.61. The van der Waals surface area contributed by atoms with Crippen molar-refractivity contribution < 1.29 is 0 Å². The number of hydrogen-bond acceptors (Lipinski definition) is 3. The van der Waals surface area contributed by atoms with Crippen molar-refractivity contribution in [2.45, 2.75) is 38.9 Å². The predicted octanol–water partition coefficient (Wildman–Crippen LogP) is 0.776. The molecule has 3 heteroatoms. The van der Waals surface area contributed by atoms with E-state index in [0.29, 0.717) is 12.0 Å². The molecule has 0 radical (unpaired) electrons. The van der Waals surface area contributed by atoms with E-state index in [1.54, 1.807) is 0 Å². The molecule has 0 aliphatic rings. The molecule has 0 aliphatic heterocycles. The molecule has 0 bridgehead atoms. The average molecular weight is 187 g/mol. The van der Waals surface area contributed by atoms with Crippen LogP contribution in [0.3, 0.4) is 0 Å². The van der Waals surface area contributed by atoms with Gasteiger partial charge < -0.3 is 16.0 Å². The van der Waals surface area contributed by atoms with E-state index in [9.17, 15) is 0 Å². The maximum atomic E-state index is 3.34. The van der Waals surface area contributed by atoms with E-state index >= 15 is 0 Å². The molecule has 80 valence electrons. The van der Waals surface area contributed by atoms with Gasteiger partial charge in [0.2, 0.25) is 0 Å². The minimum atomic E-state index is 0.0111. The molecule has 0 aromatic carbocycles. The molecule has 0 aromatic heterocycles. The highest BCUT2D eigenvalue weighted by Gasteiger charge is 2.32. The summed E-state index contributed by atoms with van der Waals surface area (Å²) in [6.45, 7) is 6.65. The summed E-state index contributed by atoms with van der Waals surface area (Å²) in [6.07, 6.45) is 1.15. The monoisotopic (exact) mass is 187 g/mol. The lowest BCUT2D eigenvalue weighted by atomic mass is 9.85. The summed E-state index contributed by atoms with van der Waals surface area (Å²) in [6, 6.07) is 0.509. The Morgan fingerprint density at radius 2 is 1.62 bits per heavy atom. The van der Waals surface area contributed by atoms with Crippen LogP contribution in [0.15, 0.2) is 0 Å². The number of rotatable bonds is 6.